The molecule has 4 rings (SSSR count). The summed E-state index contributed by atoms with van der Waals surface area (Å²) in [7, 11) is 3.23. The number of carbonyl (C=O) groups excluding carboxylic acids is 2. The Bertz CT molecular complexity index is 1560. The van der Waals surface area contributed by atoms with E-state index in [0.717, 1.165) is 21.8 Å². The monoisotopic (exact) mass is 600 g/mol. The number of ether oxygens (including phenoxy) is 1. The van der Waals surface area contributed by atoms with Crippen LogP contribution >= 0.6 is 11.3 Å². The van der Waals surface area contributed by atoms with Crippen LogP contribution in [0.4, 0.5) is 0 Å². The van der Waals surface area contributed by atoms with Gasteiger partial charge in [0.1, 0.15) is 10.8 Å². The highest BCUT2D eigenvalue weighted by molar-refractivity contribution is 7.09. The summed E-state index contributed by atoms with van der Waals surface area (Å²) < 4.78 is 5.24. The Morgan fingerprint density at radius 2 is 1.74 bits per heavy atom. The van der Waals surface area contributed by atoms with Crippen LogP contribution in [0.1, 0.15) is 59.3 Å². The van der Waals surface area contributed by atoms with E-state index in [4.69, 9.17) is 4.74 Å². The first kappa shape index (κ1) is 31.4. The van der Waals surface area contributed by atoms with Crippen LogP contribution in [0.2, 0.25) is 0 Å². The zero-order valence-corrected chi connectivity index (χ0v) is 25.3. The van der Waals surface area contributed by atoms with Gasteiger partial charge in [-0.2, -0.15) is 0 Å². The summed E-state index contributed by atoms with van der Waals surface area (Å²) in [5.74, 6) is -0.974. The first-order valence-electron chi connectivity index (χ1n) is 13.9. The number of benzene rings is 3. The Balaban J connectivity index is 1.40. The Hall–Kier alpha value is -4.54. The minimum absolute atomic E-state index is 0.163. The highest BCUT2D eigenvalue weighted by atomic mass is 32.1. The quantitative estimate of drug-likeness (QED) is 0.175. The number of aryl methyl sites for hydroxylation is 1. The van der Waals surface area contributed by atoms with Gasteiger partial charge in [-0.15, -0.1) is 11.3 Å². The number of nitrogens with one attached hydrogen (secondary N) is 2. The van der Waals surface area contributed by atoms with Crippen molar-refractivity contribution in [2.24, 2.45) is 0 Å². The van der Waals surface area contributed by atoms with E-state index < -0.39 is 5.97 Å². The van der Waals surface area contributed by atoms with Crippen LogP contribution in [0.3, 0.4) is 0 Å². The molecule has 0 aliphatic rings. The molecule has 0 aliphatic carbocycles. The first-order chi connectivity index (χ1) is 20.7. The van der Waals surface area contributed by atoms with E-state index in [1.54, 1.807) is 48.3 Å². The lowest BCUT2D eigenvalue weighted by atomic mass is 10.0. The molecular formula is C33H36N4O5S. The molecule has 4 aromatic rings. The van der Waals surface area contributed by atoms with Crippen molar-refractivity contribution in [1.29, 1.82) is 0 Å². The number of carboxylic acids is 1. The van der Waals surface area contributed by atoms with Crippen molar-refractivity contribution >= 4 is 29.1 Å². The van der Waals surface area contributed by atoms with Crippen LogP contribution in [0.25, 0.3) is 0 Å². The predicted octanol–water partition coefficient (Wildman–Crippen LogP) is 4.95. The number of hydrogen-bond donors (Lipinski definition) is 3. The Morgan fingerprint density at radius 3 is 2.44 bits per heavy atom. The van der Waals surface area contributed by atoms with Gasteiger partial charge in [0.2, 0.25) is 0 Å². The lowest BCUT2D eigenvalue weighted by Crippen LogP contribution is -2.38. The number of hydrogen-bond acceptors (Lipinski definition) is 7. The number of thiazole rings is 1. The molecule has 9 nitrogen and oxygen atoms in total. The second-order valence-corrected chi connectivity index (χ2v) is 11.3. The first-order valence-corrected chi connectivity index (χ1v) is 14.8. The van der Waals surface area contributed by atoms with Crippen molar-refractivity contribution in [3.05, 3.63) is 117 Å². The molecule has 224 valence electrons. The van der Waals surface area contributed by atoms with Gasteiger partial charge < -0.3 is 25.4 Å². The third-order valence-electron chi connectivity index (χ3n) is 6.87. The molecule has 43 heavy (non-hydrogen) atoms. The van der Waals surface area contributed by atoms with Crippen LogP contribution < -0.4 is 15.4 Å². The molecule has 0 radical (unpaired) electrons. The van der Waals surface area contributed by atoms with E-state index >= 15 is 0 Å². The van der Waals surface area contributed by atoms with Crippen LogP contribution in [-0.4, -0.2) is 59.5 Å². The molecule has 0 bridgehead atoms. The molecule has 0 unspecified atom stereocenters. The second-order valence-electron chi connectivity index (χ2n) is 10.3. The third-order valence-corrected chi connectivity index (χ3v) is 7.82. The number of rotatable bonds is 14. The topological polar surface area (TPSA) is 121 Å². The summed E-state index contributed by atoms with van der Waals surface area (Å²) in [6.07, 6.45) is 1.26. The summed E-state index contributed by atoms with van der Waals surface area (Å²) in [5, 5.41) is 18.7. The van der Waals surface area contributed by atoms with Crippen LogP contribution in [-0.2, 0) is 19.5 Å². The molecule has 0 spiro atoms. The zero-order valence-electron chi connectivity index (χ0n) is 24.5. The van der Waals surface area contributed by atoms with Gasteiger partial charge in [-0.3, -0.25) is 9.59 Å². The fourth-order valence-electron chi connectivity index (χ4n) is 4.67. The van der Waals surface area contributed by atoms with E-state index in [1.165, 1.54) is 24.5 Å². The van der Waals surface area contributed by atoms with Gasteiger partial charge in [0.05, 0.1) is 19.2 Å². The van der Waals surface area contributed by atoms with Gasteiger partial charge in [-0.05, 0) is 73.8 Å². The van der Waals surface area contributed by atoms with Crippen molar-refractivity contribution in [2.45, 2.75) is 38.9 Å². The summed E-state index contributed by atoms with van der Waals surface area (Å²) in [6.45, 7) is 3.34. The molecule has 2 amide bonds. The van der Waals surface area contributed by atoms with Gasteiger partial charge in [-0.25, -0.2) is 9.78 Å². The van der Waals surface area contributed by atoms with Crippen molar-refractivity contribution in [3.8, 4) is 5.75 Å². The highest BCUT2D eigenvalue weighted by Gasteiger charge is 2.18. The highest BCUT2D eigenvalue weighted by Crippen LogP contribution is 2.18. The molecule has 1 heterocycles. The smallest absolute Gasteiger partial charge is 0.335 e. The number of aromatic carboxylic acids is 1. The SMILES string of the molecule is COc1cc(CNCC[C@H](Cc2ccccc2)NC(=O)c2cccc(C(=O)N(C)Cc3nc(C)cs3)c2)cc(C(=O)O)c1. The number of amides is 2. The second kappa shape index (κ2) is 15.1. The summed E-state index contributed by atoms with van der Waals surface area (Å²) in [6, 6.07) is 21.4. The third kappa shape index (κ3) is 9.22. The average Bonchev–Trinajstić information content (AvgIpc) is 3.43. The number of carboxylic acid groups (broad SMARTS) is 1. The molecule has 0 saturated heterocycles. The van der Waals surface area contributed by atoms with E-state index in [0.29, 0.717) is 49.4 Å². The normalized spacial score (nSPS) is 11.5. The molecule has 0 fully saturated rings. The lowest BCUT2D eigenvalue weighted by molar-refractivity contribution is 0.0695. The molecule has 10 heteroatoms. The number of aromatic nitrogens is 1. The van der Waals surface area contributed by atoms with Gasteiger partial charge >= 0.3 is 5.97 Å². The van der Waals surface area contributed by atoms with Crippen molar-refractivity contribution in [3.63, 3.8) is 0 Å². The van der Waals surface area contributed by atoms with Crippen LogP contribution in [0.5, 0.6) is 5.75 Å². The molecule has 1 aromatic heterocycles. The fourth-order valence-corrected chi connectivity index (χ4v) is 5.49. The molecule has 0 saturated carbocycles. The minimum atomic E-state index is -1.02. The number of nitrogens with zero attached hydrogens (tertiary/aromatic N) is 2. The zero-order chi connectivity index (χ0) is 30.8. The fraction of sp³-hybridized carbons (Fsp3) is 0.273. The minimum Gasteiger partial charge on any atom is -0.497 e. The maximum Gasteiger partial charge on any atom is 0.335 e. The van der Waals surface area contributed by atoms with Crippen molar-refractivity contribution < 1.29 is 24.2 Å². The number of carbonyl (C=O) groups is 3. The maximum atomic E-state index is 13.4. The summed E-state index contributed by atoms with van der Waals surface area (Å²) in [5.41, 5.74) is 3.81. The molecule has 1 atom stereocenters. The van der Waals surface area contributed by atoms with Crippen LogP contribution in [0, 0.1) is 6.92 Å². The van der Waals surface area contributed by atoms with E-state index in [9.17, 15) is 19.5 Å². The van der Waals surface area contributed by atoms with E-state index in [-0.39, 0.29) is 23.4 Å². The Kier molecular flexibility index (Phi) is 11.0. The van der Waals surface area contributed by atoms with E-state index in [1.807, 2.05) is 42.6 Å². The van der Waals surface area contributed by atoms with Gasteiger partial charge in [-0.1, -0.05) is 36.4 Å². The summed E-state index contributed by atoms with van der Waals surface area (Å²) in [4.78, 5) is 44.0. The largest absolute Gasteiger partial charge is 0.497 e. The van der Waals surface area contributed by atoms with Gasteiger partial charge in [0.25, 0.3) is 11.8 Å². The number of methoxy groups -OCH3 is 1. The van der Waals surface area contributed by atoms with Crippen LogP contribution in [0.15, 0.2) is 78.2 Å². The Labute approximate surface area is 255 Å². The van der Waals surface area contributed by atoms with Gasteiger partial charge in [0, 0.05) is 41.8 Å². The molecular weight excluding hydrogens is 564 g/mol. The maximum absolute atomic E-state index is 13.4. The van der Waals surface area contributed by atoms with Gasteiger partial charge in [0.15, 0.2) is 0 Å². The lowest BCUT2D eigenvalue weighted by Gasteiger charge is -2.20. The predicted molar refractivity (Wildman–Crippen MR) is 167 cm³/mol. The molecule has 0 aliphatic heterocycles. The molecule has 3 aromatic carbocycles. The van der Waals surface area contributed by atoms with E-state index in [2.05, 4.69) is 15.6 Å². The van der Waals surface area contributed by atoms with Crippen molar-refractivity contribution in [2.75, 3.05) is 20.7 Å². The standard InChI is InChI=1S/C33H36N4O5S/c1-22-21-43-30(35-22)20-37(2)32(39)26-11-7-10-25(17-26)31(38)36-28(15-23-8-5-4-6-9-23)12-13-34-19-24-14-27(33(40)41)18-29(16-24)42-3/h4-11,14,16-18,21,28,34H,12-13,15,19-20H2,1-3H3,(H,36,38)(H,40,41)/t28-/m1/s1. The summed E-state index contributed by atoms with van der Waals surface area (Å²) >= 11 is 1.51. The Morgan fingerprint density at radius 1 is 0.977 bits per heavy atom. The average molecular weight is 601 g/mol. The molecule has 3 N–H and O–H groups in total. The van der Waals surface area contributed by atoms with Crippen molar-refractivity contribution in [1.82, 2.24) is 20.5 Å².